The zero-order valence-corrected chi connectivity index (χ0v) is 16.1. The Morgan fingerprint density at radius 2 is 1.93 bits per heavy atom. The van der Waals surface area contributed by atoms with Gasteiger partial charge in [0, 0.05) is 5.56 Å². The molecule has 0 aliphatic carbocycles. The number of methoxy groups -OCH3 is 2. The second kappa shape index (κ2) is 8.45. The van der Waals surface area contributed by atoms with Crippen LogP contribution < -0.4 is 20.5 Å². The number of rotatable bonds is 6. The minimum absolute atomic E-state index is 0.135. The Morgan fingerprint density at radius 1 is 1.15 bits per heavy atom. The predicted molar refractivity (Wildman–Crippen MR) is 107 cm³/mol. The van der Waals surface area contributed by atoms with Crippen LogP contribution in [0.1, 0.15) is 5.56 Å². The second-order valence-corrected chi connectivity index (χ2v) is 6.18. The van der Waals surface area contributed by atoms with E-state index in [1.807, 2.05) is 24.3 Å². The van der Waals surface area contributed by atoms with E-state index in [1.165, 1.54) is 0 Å². The Morgan fingerprint density at radius 3 is 2.59 bits per heavy atom. The van der Waals surface area contributed by atoms with Crippen LogP contribution in [0.4, 0.5) is 5.95 Å². The lowest BCUT2D eigenvalue weighted by atomic mass is 10.2. The van der Waals surface area contributed by atoms with Gasteiger partial charge in [-0.2, -0.15) is 5.10 Å². The molecule has 9 heteroatoms. The highest BCUT2D eigenvalue weighted by Gasteiger charge is 2.10. The van der Waals surface area contributed by atoms with Gasteiger partial charge >= 0.3 is 0 Å². The number of halogens is 1. The van der Waals surface area contributed by atoms with Crippen molar-refractivity contribution in [2.75, 3.05) is 19.6 Å². The molecule has 0 radical (unpaired) electrons. The third-order valence-corrected chi connectivity index (χ3v) is 4.17. The summed E-state index contributed by atoms with van der Waals surface area (Å²) in [6.07, 6.45) is 1.55. The molecule has 0 fully saturated rings. The van der Waals surface area contributed by atoms with Crippen LogP contribution in [0.3, 0.4) is 0 Å². The zero-order valence-electron chi connectivity index (χ0n) is 14.6. The molecule has 0 bridgehead atoms. The van der Waals surface area contributed by atoms with Crippen molar-refractivity contribution in [1.82, 2.24) is 15.2 Å². The third-order valence-electron chi connectivity index (χ3n) is 3.58. The van der Waals surface area contributed by atoms with Crippen LogP contribution in [-0.4, -0.2) is 35.6 Å². The fraction of sp³-hybridized carbons (Fsp3) is 0.111. The number of nitrogens with one attached hydrogen (secondary N) is 2. The first-order valence-corrected chi connectivity index (χ1v) is 8.64. The van der Waals surface area contributed by atoms with Crippen LogP contribution in [0.2, 0.25) is 0 Å². The maximum absolute atomic E-state index is 12.2. The highest BCUT2D eigenvalue weighted by Crippen LogP contribution is 2.35. The highest BCUT2D eigenvalue weighted by atomic mass is 79.9. The summed E-state index contributed by atoms with van der Waals surface area (Å²) in [6.45, 7) is 0. The van der Waals surface area contributed by atoms with Crippen molar-refractivity contribution in [2.24, 2.45) is 5.10 Å². The molecule has 1 heterocycles. The number of hydrogen-bond acceptors (Lipinski definition) is 7. The van der Waals surface area contributed by atoms with Gasteiger partial charge in [-0.15, -0.1) is 10.2 Å². The minimum atomic E-state index is -0.359. The Bertz CT molecular complexity index is 1020. The number of ether oxygens (including phenoxy) is 2. The van der Waals surface area contributed by atoms with Crippen LogP contribution in [-0.2, 0) is 0 Å². The summed E-state index contributed by atoms with van der Waals surface area (Å²) in [5, 5.41) is 12.0. The molecule has 0 aliphatic heterocycles. The molecule has 0 saturated heterocycles. The van der Waals surface area contributed by atoms with E-state index in [9.17, 15) is 4.79 Å². The highest BCUT2D eigenvalue weighted by molar-refractivity contribution is 9.10. The smallest absolute Gasteiger partial charge is 0.279 e. The fourth-order valence-electron chi connectivity index (χ4n) is 2.35. The molecule has 3 rings (SSSR count). The Balaban J connectivity index is 1.76. The topological polar surface area (TPSA) is 101 Å². The van der Waals surface area contributed by atoms with Crippen LogP contribution >= 0.6 is 15.9 Å². The zero-order chi connectivity index (χ0) is 19.2. The summed E-state index contributed by atoms with van der Waals surface area (Å²) >= 11 is 3.42. The van der Waals surface area contributed by atoms with Gasteiger partial charge in [0.2, 0.25) is 5.95 Å². The monoisotopic (exact) mass is 429 g/mol. The fourth-order valence-corrected chi connectivity index (χ4v) is 2.97. The summed E-state index contributed by atoms with van der Waals surface area (Å²) < 4.78 is 11.3. The first-order chi connectivity index (χ1) is 13.1. The number of hydrazone groups is 1. The lowest BCUT2D eigenvalue weighted by molar-refractivity contribution is 0.353. The van der Waals surface area contributed by atoms with E-state index in [0.717, 1.165) is 10.0 Å². The lowest BCUT2D eigenvalue weighted by Gasteiger charge is -2.10. The van der Waals surface area contributed by atoms with Gasteiger partial charge in [0.05, 0.1) is 24.9 Å². The van der Waals surface area contributed by atoms with E-state index in [-0.39, 0.29) is 17.2 Å². The first-order valence-electron chi connectivity index (χ1n) is 7.85. The largest absolute Gasteiger partial charge is 0.493 e. The molecule has 0 aliphatic rings. The molecule has 3 aromatic rings. The van der Waals surface area contributed by atoms with Crippen molar-refractivity contribution in [1.29, 1.82) is 0 Å². The minimum Gasteiger partial charge on any atom is -0.493 e. The van der Waals surface area contributed by atoms with Crippen LogP contribution in [0.25, 0.3) is 11.3 Å². The predicted octanol–water partition coefficient (Wildman–Crippen LogP) is 3.06. The van der Waals surface area contributed by atoms with Crippen LogP contribution in [0, 0.1) is 0 Å². The molecule has 0 atom stereocenters. The van der Waals surface area contributed by atoms with Crippen LogP contribution in [0.5, 0.6) is 11.5 Å². The summed E-state index contributed by atoms with van der Waals surface area (Å²) in [5.74, 6) is 1.29. The number of aromatic amines is 1. The molecule has 1 aromatic heterocycles. The molecule has 2 N–H and O–H groups in total. The van der Waals surface area contributed by atoms with Crippen molar-refractivity contribution in [2.45, 2.75) is 0 Å². The number of anilines is 1. The summed E-state index contributed by atoms with van der Waals surface area (Å²) in [7, 11) is 3.12. The molecule has 0 saturated carbocycles. The summed E-state index contributed by atoms with van der Waals surface area (Å²) in [6, 6.07) is 12.7. The standard InChI is InChI=1S/C18H16BrN5O3/c1-26-14-9-11(8-13(19)16(14)27-2)10-20-23-18-21-17(25)15(22-24-18)12-6-4-3-5-7-12/h3-10H,1-2H3,(H2,21,23,24,25)/b20-10+. The molecule has 0 spiro atoms. The Hall–Kier alpha value is -3.20. The summed E-state index contributed by atoms with van der Waals surface area (Å²) in [5.41, 5.74) is 3.98. The number of nitrogens with zero attached hydrogens (tertiary/aromatic N) is 3. The quantitative estimate of drug-likeness (QED) is 0.461. The van der Waals surface area contributed by atoms with Gasteiger partial charge in [0.15, 0.2) is 17.2 Å². The molecule has 0 amide bonds. The van der Waals surface area contributed by atoms with Crippen molar-refractivity contribution >= 4 is 28.1 Å². The molecular formula is C18H16BrN5O3. The Kier molecular flexibility index (Phi) is 5.82. The SMILES string of the molecule is COc1cc(/C=N/Nc2nnc(-c3ccccc3)c(=O)[nH]2)cc(Br)c1OC. The molecule has 138 valence electrons. The molecular weight excluding hydrogens is 414 g/mol. The maximum atomic E-state index is 12.2. The maximum Gasteiger partial charge on any atom is 0.279 e. The normalized spacial score (nSPS) is 10.8. The van der Waals surface area contributed by atoms with E-state index in [2.05, 4.69) is 41.6 Å². The number of aromatic nitrogens is 3. The lowest BCUT2D eigenvalue weighted by Crippen LogP contribution is -2.15. The van der Waals surface area contributed by atoms with E-state index < -0.39 is 0 Å². The molecule has 8 nitrogen and oxygen atoms in total. The average molecular weight is 430 g/mol. The van der Waals surface area contributed by atoms with E-state index in [1.54, 1.807) is 38.6 Å². The molecule has 2 aromatic carbocycles. The first kappa shape index (κ1) is 18.6. The van der Waals surface area contributed by atoms with Crippen molar-refractivity contribution in [3.8, 4) is 22.8 Å². The van der Waals surface area contributed by atoms with Crippen molar-refractivity contribution < 1.29 is 9.47 Å². The third kappa shape index (κ3) is 4.32. The van der Waals surface area contributed by atoms with Crippen molar-refractivity contribution in [3.05, 3.63) is 62.9 Å². The van der Waals surface area contributed by atoms with Gasteiger partial charge in [-0.3, -0.25) is 9.78 Å². The number of H-pyrrole nitrogens is 1. The van der Waals surface area contributed by atoms with Gasteiger partial charge in [-0.25, -0.2) is 5.43 Å². The number of hydrogen-bond donors (Lipinski definition) is 2. The number of benzene rings is 2. The summed E-state index contributed by atoms with van der Waals surface area (Å²) in [4.78, 5) is 14.8. The van der Waals surface area contributed by atoms with Crippen LogP contribution in [0.15, 0.2) is 56.8 Å². The molecule has 27 heavy (non-hydrogen) atoms. The van der Waals surface area contributed by atoms with Gasteiger partial charge in [-0.05, 0) is 33.6 Å². The second-order valence-electron chi connectivity index (χ2n) is 5.33. The van der Waals surface area contributed by atoms with Gasteiger partial charge < -0.3 is 9.47 Å². The Labute approximate surface area is 163 Å². The van der Waals surface area contributed by atoms with E-state index >= 15 is 0 Å². The van der Waals surface area contributed by atoms with Crippen molar-refractivity contribution in [3.63, 3.8) is 0 Å². The van der Waals surface area contributed by atoms with E-state index in [4.69, 9.17) is 9.47 Å². The van der Waals surface area contributed by atoms with Gasteiger partial charge in [0.25, 0.3) is 5.56 Å². The van der Waals surface area contributed by atoms with Gasteiger partial charge in [0.1, 0.15) is 0 Å². The molecule has 0 unspecified atom stereocenters. The average Bonchev–Trinajstić information content (AvgIpc) is 2.68. The van der Waals surface area contributed by atoms with E-state index in [0.29, 0.717) is 17.1 Å². The van der Waals surface area contributed by atoms with Gasteiger partial charge in [-0.1, -0.05) is 30.3 Å².